The Hall–Kier alpha value is -2.31. The van der Waals surface area contributed by atoms with Crippen molar-refractivity contribution >= 4 is 5.57 Å². The third kappa shape index (κ3) is 5.75. The molecule has 2 aromatic carbocycles. The summed E-state index contributed by atoms with van der Waals surface area (Å²) in [5.41, 5.74) is 2.84. The van der Waals surface area contributed by atoms with E-state index in [2.05, 4.69) is 12.1 Å². The minimum absolute atomic E-state index is 0.0311. The molecule has 1 aliphatic carbocycles. The Balaban J connectivity index is 1.66. The smallest absolute Gasteiger partial charge is 0.134 e. The molecule has 6 heteroatoms. The zero-order valence-corrected chi connectivity index (χ0v) is 20.9. The molecule has 1 heterocycles. The largest absolute Gasteiger partial charge is 0.493 e. The maximum atomic E-state index is 15.6. The third-order valence-electron chi connectivity index (χ3n) is 7.04. The van der Waals surface area contributed by atoms with Crippen LogP contribution in [0.25, 0.3) is 5.57 Å². The second-order valence-electron chi connectivity index (χ2n) is 10.5. The normalized spacial score (nSPS) is 20.2. The highest BCUT2D eigenvalue weighted by molar-refractivity contribution is 5.79. The molecule has 190 valence electrons. The molecule has 0 radical (unpaired) electrons. The third-order valence-corrected chi connectivity index (χ3v) is 7.04. The number of ether oxygens (including phenoxy) is 1. The second kappa shape index (κ2) is 10.8. The Morgan fingerprint density at radius 1 is 1.06 bits per heavy atom. The number of alkyl halides is 1. The standard InChI is InChI=1S/C29H36F3NO2/c1-19-14-23-22-11-7-6-10-20(22)15-24(23)28(33(19)18-29(2,3)32)27-25(30)16-21(17-26(27)31)35-13-9-5-4-8-12-34/h6-7,10-11,16-17,19,28,34H,4-5,8-9,12-15,18H2,1-3H3/t19-,28+/m1/s1. The summed E-state index contributed by atoms with van der Waals surface area (Å²) in [4.78, 5) is 1.92. The van der Waals surface area contributed by atoms with Crippen LogP contribution >= 0.6 is 0 Å². The van der Waals surface area contributed by atoms with Crippen molar-refractivity contribution in [3.8, 4) is 5.75 Å². The van der Waals surface area contributed by atoms with E-state index in [1.54, 1.807) is 0 Å². The first kappa shape index (κ1) is 25.8. The Morgan fingerprint density at radius 3 is 2.43 bits per heavy atom. The molecule has 2 atom stereocenters. The monoisotopic (exact) mass is 487 g/mol. The molecule has 0 saturated heterocycles. The van der Waals surface area contributed by atoms with Crippen LogP contribution in [0.3, 0.4) is 0 Å². The Labute approximate surface area is 206 Å². The van der Waals surface area contributed by atoms with Crippen LogP contribution in [0.5, 0.6) is 5.75 Å². The molecule has 0 unspecified atom stereocenters. The molecule has 1 aliphatic heterocycles. The number of hydrogen-bond donors (Lipinski definition) is 1. The molecule has 4 rings (SSSR count). The number of benzene rings is 2. The topological polar surface area (TPSA) is 32.7 Å². The van der Waals surface area contributed by atoms with Gasteiger partial charge in [0, 0.05) is 36.9 Å². The van der Waals surface area contributed by atoms with Gasteiger partial charge < -0.3 is 9.84 Å². The average Bonchev–Trinajstić information content (AvgIpc) is 3.15. The summed E-state index contributed by atoms with van der Waals surface area (Å²) >= 11 is 0. The molecule has 2 aliphatic rings. The molecule has 0 amide bonds. The van der Waals surface area contributed by atoms with Gasteiger partial charge in [-0.15, -0.1) is 0 Å². The quantitative estimate of drug-likeness (QED) is 0.375. The minimum atomic E-state index is -1.51. The van der Waals surface area contributed by atoms with Gasteiger partial charge in [0.25, 0.3) is 0 Å². The summed E-state index contributed by atoms with van der Waals surface area (Å²) in [6, 6.07) is 9.86. The van der Waals surface area contributed by atoms with Crippen molar-refractivity contribution in [2.45, 2.75) is 77.0 Å². The lowest BCUT2D eigenvalue weighted by Gasteiger charge is -2.44. The Bertz CT molecular complexity index is 1050. The van der Waals surface area contributed by atoms with Crippen LogP contribution in [0.4, 0.5) is 13.2 Å². The maximum Gasteiger partial charge on any atom is 0.134 e. The Morgan fingerprint density at radius 2 is 1.74 bits per heavy atom. The highest BCUT2D eigenvalue weighted by Crippen LogP contribution is 2.50. The summed E-state index contributed by atoms with van der Waals surface area (Å²) in [6.07, 6.45) is 4.60. The van der Waals surface area contributed by atoms with E-state index in [9.17, 15) is 4.39 Å². The Kier molecular flexibility index (Phi) is 7.92. The van der Waals surface area contributed by atoms with Crippen LogP contribution < -0.4 is 4.74 Å². The zero-order valence-electron chi connectivity index (χ0n) is 20.9. The number of hydrogen-bond acceptors (Lipinski definition) is 3. The van der Waals surface area contributed by atoms with Crippen molar-refractivity contribution < 1.29 is 23.0 Å². The zero-order chi connectivity index (χ0) is 25.2. The molecule has 0 bridgehead atoms. The highest BCUT2D eigenvalue weighted by Gasteiger charge is 2.42. The average molecular weight is 488 g/mol. The molecular weight excluding hydrogens is 451 g/mol. The van der Waals surface area contributed by atoms with Gasteiger partial charge in [0.1, 0.15) is 23.1 Å². The number of fused-ring (bicyclic) bond motifs is 2. The van der Waals surface area contributed by atoms with Crippen molar-refractivity contribution in [1.29, 1.82) is 0 Å². The van der Waals surface area contributed by atoms with Crippen LogP contribution in [-0.4, -0.2) is 41.5 Å². The van der Waals surface area contributed by atoms with Crippen molar-refractivity contribution in [3.05, 3.63) is 70.3 Å². The predicted octanol–water partition coefficient (Wildman–Crippen LogP) is 6.79. The van der Waals surface area contributed by atoms with Gasteiger partial charge in [0.2, 0.25) is 0 Å². The first-order valence-corrected chi connectivity index (χ1v) is 12.7. The van der Waals surface area contributed by atoms with E-state index >= 15 is 8.78 Å². The lowest BCUT2D eigenvalue weighted by molar-refractivity contribution is 0.0676. The van der Waals surface area contributed by atoms with Crippen LogP contribution in [-0.2, 0) is 6.42 Å². The fourth-order valence-electron chi connectivity index (χ4n) is 5.51. The molecule has 2 aromatic rings. The van der Waals surface area contributed by atoms with Crippen LogP contribution in [0, 0.1) is 11.6 Å². The molecule has 35 heavy (non-hydrogen) atoms. The van der Waals surface area contributed by atoms with Gasteiger partial charge in [-0.2, -0.15) is 0 Å². The van der Waals surface area contributed by atoms with E-state index in [1.807, 2.05) is 24.0 Å². The van der Waals surface area contributed by atoms with Crippen LogP contribution in [0.15, 0.2) is 42.0 Å². The molecule has 0 spiro atoms. The molecule has 3 nitrogen and oxygen atoms in total. The van der Waals surface area contributed by atoms with Crippen molar-refractivity contribution in [2.24, 2.45) is 0 Å². The summed E-state index contributed by atoms with van der Waals surface area (Å²) in [7, 11) is 0. The molecule has 0 saturated carbocycles. The van der Waals surface area contributed by atoms with E-state index in [0.717, 1.165) is 54.4 Å². The first-order chi connectivity index (χ1) is 16.7. The van der Waals surface area contributed by atoms with Crippen LogP contribution in [0.2, 0.25) is 0 Å². The number of aliphatic hydroxyl groups is 1. The van der Waals surface area contributed by atoms with Gasteiger partial charge in [-0.05, 0) is 75.1 Å². The van der Waals surface area contributed by atoms with E-state index in [1.165, 1.54) is 26.0 Å². The maximum absolute atomic E-state index is 15.6. The SMILES string of the molecule is C[C@@H]1CC2=C(Cc3ccccc32)[C@@H](c2c(F)cc(OCCCCCCO)cc2F)N1CC(C)(C)F. The lowest BCUT2D eigenvalue weighted by Crippen LogP contribution is -2.47. The fourth-order valence-corrected chi connectivity index (χ4v) is 5.51. The molecule has 1 N–H and O–H groups in total. The van der Waals surface area contributed by atoms with Gasteiger partial charge >= 0.3 is 0 Å². The molecule has 0 aromatic heterocycles. The number of unbranched alkanes of at least 4 members (excludes halogenated alkanes) is 3. The van der Waals surface area contributed by atoms with Crippen LogP contribution in [0.1, 0.15) is 75.6 Å². The summed E-state index contributed by atoms with van der Waals surface area (Å²) < 4.78 is 51.7. The fraction of sp³-hybridized carbons (Fsp3) is 0.517. The van der Waals surface area contributed by atoms with E-state index in [4.69, 9.17) is 9.84 Å². The van der Waals surface area contributed by atoms with E-state index in [0.29, 0.717) is 13.0 Å². The highest BCUT2D eigenvalue weighted by atomic mass is 19.1. The predicted molar refractivity (Wildman–Crippen MR) is 133 cm³/mol. The number of nitrogens with zero attached hydrogens (tertiary/aromatic N) is 1. The van der Waals surface area contributed by atoms with Gasteiger partial charge in [0.05, 0.1) is 12.6 Å². The molecule has 0 fully saturated rings. The van der Waals surface area contributed by atoms with Gasteiger partial charge in [0.15, 0.2) is 0 Å². The first-order valence-electron chi connectivity index (χ1n) is 12.7. The minimum Gasteiger partial charge on any atom is -0.493 e. The second-order valence-corrected chi connectivity index (χ2v) is 10.5. The summed E-state index contributed by atoms with van der Waals surface area (Å²) in [5, 5.41) is 8.86. The van der Waals surface area contributed by atoms with E-state index < -0.39 is 23.3 Å². The number of rotatable bonds is 10. The van der Waals surface area contributed by atoms with Crippen molar-refractivity contribution in [3.63, 3.8) is 0 Å². The lowest BCUT2D eigenvalue weighted by atomic mass is 9.84. The van der Waals surface area contributed by atoms with Crippen molar-refractivity contribution in [1.82, 2.24) is 4.90 Å². The van der Waals surface area contributed by atoms with E-state index in [-0.39, 0.29) is 30.5 Å². The number of halogens is 3. The summed E-state index contributed by atoms with van der Waals surface area (Å²) in [6.45, 7) is 5.63. The van der Waals surface area contributed by atoms with Gasteiger partial charge in [-0.1, -0.05) is 30.7 Å². The number of aliphatic hydroxyl groups excluding tert-OH is 1. The van der Waals surface area contributed by atoms with Gasteiger partial charge in [-0.3, -0.25) is 4.90 Å². The van der Waals surface area contributed by atoms with Crippen molar-refractivity contribution in [2.75, 3.05) is 19.8 Å². The summed E-state index contributed by atoms with van der Waals surface area (Å²) in [5.74, 6) is -1.16. The van der Waals surface area contributed by atoms with Gasteiger partial charge in [-0.25, -0.2) is 13.2 Å². The molecular formula is C29H36F3NO2.